The minimum Gasteiger partial charge on any atom is -0.478 e. The SMILES string of the molecule is CCCCc1c(CCCC(C)C)ccc(C(=O)O)c1CCOC. The van der Waals surface area contributed by atoms with Gasteiger partial charge in [0.15, 0.2) is 0 Å². The van der Waals surface area contributed by atoms with Gasteiger partial charge >= 0.3 is 5.97 Å². The highest BCUT2D eigenvalue weighted by atomic mass is 16.5. The number of hydrogen-bond acceptors (Lipinski definition) is 2. The topological polar surface area (TPSA) is 46.5 Å². The van der Waals surface area contributed by atoms with Crippen LogP contribution in [-0.4, -0.2) is 24.8 Å². The molecule has 0 radical (unpaired) electrons. The van der Waals surface area contributed by atoms with Crippen LogP contribution >= 0.6 is 0 Å². The van der Waals surface area contributed by atoms with E-state index in [1.54, 1.807) is 13.2 Å². The Morgan fingerprint density at radius 2 is 1.87 bits per heavy atom. The molecule has 0 amide bonds. The molecule has 0 saturated heterocycles. The van der Waals surface area contributed by atoms with Crippen molar-refractivity contribution < 1.29 is 14.6 Å². The Morgan fingerprint density at radius 1 is 1.13 bits per heavy atom. The lowest BCUT2D eigenvalue weighted by Crippen LogP contribution is -2.11. The summed E-state index contributed by atoms with van der Waals surface area (Å²) in [7, 11) is 1.67. The Morgan fingerprint density at radius 3 is 2.43 bits per heavy atom. The Kier molecular flexibility index (Phi) is 8.93. The van der Waals surface area contributed by atoms with Gasteiger partial charge in [-0.2, -0.15) is 0 Å². The van der Waals surface area contributed by atoms with Gasteiger partial charge in [0.25, 0.3) is 0 Å². The van der Waals surface area contributed by atoms with Crippen molar-refractivity contribution in [3.63, 3.8) is 0 Å². The minimum atomic E-state index is -0.831. The van der Waals surface area contributed by atoms with E-state index in [2.05, 4.69) is 20.8 Å². The molecule has 0 spiro atoms. The molecule has 1 aromatic rings. The molecule has 0 aliphatic rings. The van der Waals surface area contributed by atoms with Gasteiger partial charge in [-0.25, -0.2) is 4.79 Å². The largest absolute Gasteiger partial charge is 0.478 e. The molecule has 0 saturated carbocycles. The molecule has 1 rings (SSSR count). The van der Waals surface area contributed by atoms with Crippen LogP contribution in [0.3, 0.4) is 0 Å². The van der Waals surface area contributed by atoms with Crippen molar-refractivity contribution in [2.75, 3.05) is 13.7 Å². The lowest BCUT2D eigenvalue weighted by atomic mass is 9.88. The first-order chi connectivity index (χ1) is 11.0. The molecule has 0 aliphatic carbocycles. The predicted octanol–water partition coefficient (Wildman–Crippen LogP) is 4.90. The van der Waals surface area contributed by atoms with E-state index >= 15 is 0 Å². The Balaban J connectivity index is 3.13. The lowest BCUT2D eigenvalue weighted by Gasteiger charge is -2.18. The number of carboxylic acids is 1. The molecule has 0 heterocycles. The van der Waals surface area contributed by atoms with Crippen molar-refractivity contribution in [1.82, 2.24) is 0 Å². The smallest absolute Gasteiger partial charge is 0.335 e. The van der Waals surface area contributed by atoms with Gasteiger partial charge < -0.3 is 9.84 Å². The van der Waals surface area contributed by atoms with Crippen molar-refractivity contribution in [3.8, 4) is 0 Å². The van der Waals surface area contributed by atoms with Crippen molar-refractivity contribution in [2.45, 2.75) is 65.7 Å². The Hall–Kier alpha value is -1.35. The number of ether oxygens (including phenoxy) is 1. The maximum atomic E-state index is 11.6. The Labute approximate surface area is 141 Å². The molecule has 0 aromatic heterocycles. The monoisotopic (exact) mass is 320 g/mol. The summed E-state index contributed by atoms with van der Waals surface area (Å²) in [6.45, 7) is 7.23. The first-order valence-electron chi connectivity index (χ1n) is 8.87. The number of hydrogen-bond donors (Lipinski definition) is 1. The van der Waals surface area contributed by atoms with E-state index in [-0.39, 0.29) is 0 Å². The number of unbranched alkanes of at least 4 members (excludes halogenated alkanes) is 1. The summed E-state index contributed by atoms with van der Waals surface area (Å²) in [5.41, 5.74) is 4.01. The first-order valence-corrected chi connectivity index (χ1v) is 8.87. The number of benzene rings is 1. The maximum Gasteiger partial charge on any atom is 0.335 e. The highest BCUT2D eigenvalue weighted by molar-refractivity contribution is 5.90. The van der Waals surface area contributed by atoms with Crippen LogP contribution < -0.4 is 0 Å². The summed E-state index contributed by atoms with van der Waals surface area (Å²) in [6, 6.07) is 3.82. The maximum absolute atomic E-state index is 11.6. The van der Waals surface area contributed by atoms with E-state index in [1.165, 1.54) is 17.5 Å². The molecule has 130 valence electrons. The fourth-order valence-electron chi connectivity index (χ4n) is 3.03. The van der Waals surface area contributed by atoms with Gasteiger partial charge in [-0.1, -0.05) is 39.7 Å². The van der Waals surface area contributed by atoms with Crippen LogP contribution in [-0.2, 0) is 24.0 Å². The molecule has 0 aliphatic heterocycles. The van der Waals surface area contributed by atoms with Crippen LogP contribution in [0.1, 0.15) is 73.5 Å². The zero-order valence-corrected chi connectivity index (χ0v) is 15.2. The third kappa shape index (κ3) is 6.34. The van der Waals surface area contributed by atoms with Crippen LogP contribution in [0.4, 0.5) is 0 Å². The van der Waals surface area contributed by atoms with Gasteiger partial charge in [0, 0.05) is 7.11 Å². The predicted molar refractivity (Wildman–Crippen MR) is 95.4 cm³/mol. The molecule has 23 heavy (non-hydrogen) atoms. The van der Waals surface area contributed by atoms with Crippen molar-refractivity contribution >= 4 is 5.97 Å². The van der Waals surface area contributed by atoms with Gasteiger partial charge in [-0.3, -0.25) is 0 Å². The van der Waals surface area contributed by atoms with Crippen LogP contribution in [0.25, 0.3) is 0 Å². The number of aryl methyl sites for hydroxylation is 1. The number of methoxy groups -OCH3 is 1. The summed E-state index contributed by atoms with van der Waals surface area (Å²) >= 11 is 0. The average Bonchev–Trinajstić information content (AvgIpc) is 2.50. The molecule has 3 heteroatoms. The fourth-order valence-corrected chi connectivity index (χ4v) is 3.03. The minimum absolute atomic E-state index is 0.445. The molecule has 0 bridgehead atoms. The quantitative estimate of drug-likeness (QED) is 0.631. The third-order valence-corrected chi connectivity index (χ3v) is 4.32. The summed E-state index contributed by atoms with van der Waals surface area (Å²) < 4.78 is 5.20. The third-order valence-electron chi connectivity index (χ3n) is 4.32. The van der Waals surface area contributed by atoms with Crippen LogP contribution in [0, 0.1) is 5.92 Å². The number of aromatic carboxylic acids is 1. The van der Waals surface area contributed by atoms with E-state index in [0.717, 1.165) is 37.7 Å². The van der Waals surface area contributed by atoms with Crippen LogP contribution in [0.15, 0.2) is 12.1 Å². The number of rotatable bonds is 11. The average molecular weight is 320 g/mol. The van der Waals surface area contributed by atoms with E-state index in [9.17, 15) is 9.90 Å². The molecular weight excluding hydrogens is 288 g/mol. The van der Waals surface area contributed by atoms with Gasteiger partial charge in [-0.05, 0) is 60.8 Å². The van der Waals surface area contributed by atoms with E-state index in [0.29, 0.717) is 24.5 Å². The van der Waals surface area contributed by atoms with Crippen LogP contribution in [0.5, 0.6) is 0 Å². The lowest BCUT2D eigenvalue weighted by molar-refractivity contribution is 0.0695. The molecule has 3 nitrogen and oxygen atoms in total. The zero-order valence-electron chi connectivity index (χ0n) is 15.2. The van der Waals surface area contributed by atoms with Gasteiger partial charge in [0.05, 0.1) is 12.2 Å². The summed E-state index contributed by atoms with van der Waals surface area (Å²) in [4.78, 5) is 11.6. The summed E-state index contributed by atoms with van der Waals surface area (Å²) in [5, 5.41) is 9.51. The van der Waals surface area contributed by atoms with E-state index in [4.69, 9.17) is 4.74 Å². The second-order valence-electron chi connectivity index (χ2n) is 6.67. The van der Waals surface area contributed by atoms with Gasteiger partial charge in [0.2, 0.25) is 0 Å². The van der Waals surface area contributed by atoms with E-state index < -0.39 is 5.97 Å². The van der Waals surface area contributed by atoms with Crippen molar-refractivity contribution in [1.29, 1.82) is 0 Å². The second-order valence-corrected chi connectivity index (χ2v) is 6.67. The molecule has 1 aromatic carbocycles. The zero-order chi connectivity index (χ0) is 17.2. The normalized spacial score (nSPS) is 11.2. The highest BCUT2D eigenvalue weighted by Crippen LogP contribution is 2.25. The fraction of sp³-hybridized carbons (Fsp3) is 0.650. The van der Waals surface area contributed by atoms with Crippen molar-refractivity contribution in [3.05, 3.63) is 34.4 Å². The number of carbonyl (C=O) groups is 1. The molecule has 0 fully saturated rings. The summed E-state index contributed by atoms with van der Waals surface area (Å²) in [6.07, 6.45) is 7.26. The molecule has 0 atom stereocenters. The van der Waals surface area contributed by atoms with Crippen molar-refractivity contribution in [2.24, 2.45) is 5.92 Å². The van der Waals surface area contributed by atoms with Gasteiger partial charge in [-0.15, -0.1) is 0 Å². The highest BCUT2D eigenvalue weighted by Gasteiger charge is 2.17. The standard InChI is InChI=1S/C20H32O3/c1-5-6-10-17-16(9-7-8-15(2)3)11-12-19(20(21)22)18(17)13-14-23-4/h11-12,15H,5-10,13-14H2,1-4H3,(H,21,22). The molecule has 1 N–H and O–H groups in total. The summed E-state index contributed by atoms with van der Waals surface area (Å²) in [5.74, 6) is -0.122. The molecular formula is C20H32O3. The van der Waals surface area contributed by atoms with Gasteiger partial charge in [0.1, 0.15) is 0 Å². The number of carboxylic acid groups (broad SMARTS) is 1. The van der Waals surface area contributed by atoms with Crippen LogP contribution in [0.2, 0.25) is 0 Å². The first kappa shape index (κ1) is 19.7. The second kappa shape index (κ2) is 10.4. The Bertz CT molecular complexity index is 492. The van der Waals surface area contributed by atoms with E-state index in [1.807, 2.05) is 6.07 Å². The molecule has 0 unspecified atom stereocenters.